The number of aromatic hydroxyl groups is 1. The zero-order valence-corrected chi connectivity index (χ0v) is 19.9. The second-order valence-electron chi connectivity index (χ2n) is 7.80. The molecule has 3 aromatic carbocycles. The molecule has 0 saturated heterocycles. The molecule has 0 aliphatic carbocycles. The van der Waals surface area contributed by atoms with E-state index in [9.17, 15) is 9.90 Å². The van der Waals surface area contributed by atoms with Gasteiger partial charge < -0.3 is 20.1 Å². The van der Waals surface area contributed by atoms with Crippen LogP contribution in [0.3, 0.4) is 0 Å². The molecular weight excluding hydrogens is 460 g/mol. The Morgan fingerprint density at radius 2 is 1.91 bits per heavy atom. The van der Waals surface area contributed by atoms with Gasteiger partial charge in [0.25, 0.3) is 5.91 Å². The lowest BCUT2D eigenvalue weighted by atomic mass is 10.0. The quantitative estimate of drug-likeness (QED) is 0.258. The van der Waals surface area contributed by atoms with Crippen LogP contribution >= 0.6 is 11.8 Å². The minimum Gasteiger partial charge on any atom is -0.507 e. The SMILES string of the molecule is COc1ncccc1-c1ccc(O)c(-c2nc3cc(C(=O)Nc4cccc(SC)c4)ccc3[nH]2)c1. The van der Waals surface area contributed by atoms with Gasteiger partial charge in [0.15, 0.2) is 0 Å². The van der Waals surface area contributed by atoms with Gasteiger partial charge in [0.2, 0.25) is 5.88 Å². The van der Waals surface area contributed by atoms with Gasteiger partial charge in [-0.1, -0.05) is 12.1 Å². The van der Waals surface area contributed by atoms with E-state index in [0.717, 1.165) is 27.2 Å². The highest BCUT2D eigenvalue weighted by Gasteiger charge is 2.15. The number of imidazole rings is 1. The summed E-state index contributed by atoms with van der Waals surface area (Å²) in [4.78, 5) is 26.1. The molecule has 2 aromatic heterocycles. The van der Waals surface area contributed by atoms with Gasteiger partial charge in [0.1, 0.15) is 11.6 Å². The first kappa shape index (κ1) is 22.5. The number of hydrogen-bond acceptors (Lipinski definition) is 6. The number of H-pyrrole nitrogens is 1. The molecule has 0 radical (unpaired) electrons. The molecule has 0 fully saturated rings. The maximum Gasteiger partial charge on any atom is 0.255 e. The molecule has 0 aliphatic rings. The normalized spacial score (nSPS) is 10.9. The van der Waals surface area contributed by atoms with Crippen LogP contribution in [0.1, 0.15) is 10.4 Å². The van der Waals surface area contributed by atoms with E-state index in [4.69, 9.17) is 4.74 Å². The van der Waals surface area contributed by atoms with Gasteiger partial charge in [0.05, 0.1) is 23.7 Å². The predicted molar refractivity (Wildman–Crippen MR) is 139 cm³/mol. The topological polar surface area (TPSA) is 100 Å². The lowest BCUT2D eigenvalue weighted by molar-refractivity contribution is 0.102. The molecule has 1 amide bonds. The predicted octanol–water partition coefficient (Wildman–Crippen LogP) is 5.98. The summed E-state index contributed by atoms with van der Waals surface area (Å²) in [5.41, 5.74) is 4.76. The molecule has 2 heterocycles. The van der Waals surface area contributed by atoms with Crippen LogP contribution in [0.25, 0.3) is 33.5 Å². The molecule has 0 bridgehead atoms. The molecule has 5 rings (SSSR count). The second-order valence-corrected chi connectivity index (χ2v) is 8.68. The van der Waals surface area contributed by atoms with Gasteiger partial charge in [0, 0.05) is 27.9 Å². The van der Waals surface area contributed by atoms with Crippen LogP contribution in [0.5, 0.6) is 11.6 Å². The zero-order chi connectivity index (χ0) is 24.4. The van der Waals surface area contributed by atoms with Crippen molar-refractivity contribution in [1.29, 1.82) is 0 Å². The molecule has 0 atom stereocenters. The monoisotopic (exact) mass is 482 g/mol. The molecule has 0 saturated carbocycles. The Morgan fingerprint density at radius 1 is 1.03 bits per heavy atom. The van der Waals surface area contributed by atoms with Crippen molar-refractivity contribution in [3.8, 4) is 34.1 Å². The molecule has 7 nitrogen and oxygen atoms in total. The summed E-state index contributed by atoms with van der Waals surface area (Å²) in [6, 6.07) is 22.0. The highest BCUT2D eigenvalue weighted by molar-refractivity contribution is 7.98. The van der Waals surface area contributed by atoms with Crippen LogP contribution in [0, 0.1) is 0 Å². The fraction of sp³-hybridized carbons (Fsp3) is 0.0741. The van der Waals surface area contributed by atoms with E-state index in [1.807, 2.05) is 54.8 Å². The van der Waals surface area contributed by atoms with Crippen molar-refractivity contribution in [1.82, 2.24) is 15.0 Å². The average Bonchev–Trinajstić information content (AvgIpc) is 3.32. The lowest BCUT2D eigenvalue weighted by Gasteiger charge is -2.09. The van der Waals surface area contributed by atoms with Crippen LogP contribution in [0.2, 0.25) is 0 Å². The molecule has 3 N–H and O–H groups in total. The Bertz CT molecular complexity index is 1550. The van der Waals surface area contributed by atoms with Gasteiger partial charge >= 0.3 is 0 Å². The first-order valence-corrected chi connectivity index (χ1v) is 12.1. The number of amides is 1. The van der Waals surface area contributed by atoms with Crippen molar-refractivity contribution in [3.63, 3.8) is 0 Å². The number of carbonyl (C=O) groups is 1. The Hall–Kier alpha value is -4.30. The molecule has 0 aliphatic heterocycles. The maximum absolute atomic E-state index is 12.8. The Kier molecular flexibility index (Phi) is 6.12. The summed E-state index contributed by atoms with van der Waals surface area (Å²) < 4.78 is 5.38. The van der Waals surface area contributed by atoms with Crippen molar-refractivity contribution in [3.05, 3.63) is 84.6 Å². The van der Waals surface area contributed by atoms with Crippen LogP contribution in [0.4, 0.5) is 5.69 Å². The molecule has 8 heteroatoms. The standard InChI is InChI=1S/C27H22N4O3S/c1-34-27-20(7-4-12-28-27)16-9-11-24(32)21(13-16)25-30-22-10-8-17(14-23(22)31-25)26(33)29-18-5-3-6-19(15-18)35-2/h3-15,32H,1-2H3,(H,29,33)(H,30,31). The van der Waals surface area contributed by atoms with Gasteiger partial charge in [-0.2, -0.15) is 0 Å². The number of aromatic amines is 1. The first-order valence-electron chi connectivity index (χ1n) is 10.8. The third-order valence-corrected chi connectivity index (χ3v) is 6.33. The highest BCUT2D eigenvalue weighted by atomic mass is 32.2. The van der Waals surface area contributed by atoms with E-state index in [1.165, 1.54) is 0 Å². The Balaban J connectivity index is 1.47. The third-order valence-electron chi connectivity index (χ3n) is 5.60. The summed E-state index contributed by atoms with van der Waals surface area (Å²) in [5.74, 6) is 0.852. The van der Waals surface area contributed by atoms with Crippen LogP contribution in [-0.4, -0.2) is 39.3 Å². The number of phenolic OH excluding ortho intramolecular Hbond substituents is 1. The number of benzene rings is 3. The van der Waals surface area contributed by atoms with E-state index >= 15 is 0 Å². The van der Waals surface area contributed by atoms with E-state index in [2.05, 4.69) is 20.3 Å². The number of nitrogens with zero attached hydrogens (tertiary/aromatic N) is 2. The fourth-order valence-electron chi connectivity index (χ4n) is 3.85. The Morgan fingerprint density at radius 3 is 2.74 bits per heavy atom. The number of nitrogens with one attached hydrogen (secondary N) is 2. The number of ether oxygens (including phenoxy) is 1. The van der Waals surface area contributed by atoms with Gasteiger partial charge in [-0.3, -0.25) is 4.79 Å². The molecule has 174 valence electrons. The summed E-state index contributed by atoms with van der Waals surface area (Å²) in [7, 11) is 1.57. The Labute approximate surface area is 206 Å². The number of aromatic nitrogens is 3. The van der Waals surface area contributed by atoms with Crippen molar-refractivity contribution < 1.29 is 14.6 Å². The number of methoxy groups -OCH3 is 1. The van der Waals surface area contributed by atoms with E-state index < -0.39 is 0 Å². The van der Waals surface area contributed by atoms with E-state index in [1.54, 1.807) is 49.3 Å². The third kappa shape index (κ3) is 4.56. The van der Waals surface area contributed by atoms with Gasteiger partial charge in [-0.25, -0.2) is 9.97 Å². The number of fused-ring (bicyclic) bond motifs is 1. The number of thioether (sulfide) groups is 1. The molecular formula is C27H22N4O3S. The number of rotatable bonds is 6. The average molecular weight is 483 g/mol. The van der Waals surface area contributed by atoms with E-state index in [0.29, 0.717) is 28.3 Å². The van der Waals surface area contributed by atoms with Crippen LogP contribution < -0.4 is 10.1 Å². The van der Waals surface area contributed by atoms with Crippen LogP contribution in [0.15, 0.2) is 83.9 Å². The molecule has 35 heavy (non-hydrogen) atoms. The van der Waals surface area contributed by atoms with Crippen molar-refractivity contribution >= 4 is 34.4 Å². The van der Waals surface area contributed by atoms with Crippen molar-refractivity contribution in [2.45, 2.75) is 4.90 Å². The highest BCUT2D eigenvalue weighted by Crippen LogP contribution is 2.35. The molecule has 0 spiro atoms. The van der Waals surface area contributed by atoms with Crippen LogP contribution in [-0.2, 0) is 0 Å². The van der Waals surface area contributed by atoms with E-state index in [-0.39, 0.29) is 11.7 Å². The largest absolute Gasteiger partial charge is 0.507 e. The summed E-state index contributed by atoms with van der Waals surface area (Å²) in [6.07, 6.45) is 3.65. The smallest absolute Gasteiger partial charge is 0.255 e. The fourth-order valence-corrected chi connectivity index (χ4v) is 4.30. The first-order chi connectivity index (χ1) is 17.1. The minimum absolute atomic E-state index is 0.0855. The second kappa shape index (κ2) is 9.52. The molecule has 5 aromatic rings. The summed E-state index contributed by atoms with van der Waals surface area (Å²) >= 11 is 1.61. The maximum atomic E-state index is 12.8. The number of hydrogen-bond donors (Lipinski definition) is 3. The molecule has 0 unspecified atom stereocenters. The van der Waals surface area contributed by atoms with Gasteiger partial charge in [-0.15, -0.1) is 11.8 Å². The number of carbonyl (C=O) groups excluding carboxylic acids is 1. The van der Waals surface area contributed by atoms with Crippen molar-refractivity contribution in [2.24, 2.45) is 0 Å². The number of phenols is 1. The zero-order valence-electron chi connectivity index (χ0n) is 19.1. The number of pyridine rings is 1. The summed E-state index contributed by atoms with van der Waals surface area (Å²) in [5, 5.41) is 13.5. The van der Waals surface area contributed by atoms with Crippen molar-refractivity contribution in [2.75, 3.05) is 18.7 Å². The minimum atomic E-state index is -0.219. The van der Waals surface area contributed by atoms with Gasteiger partial charge in [-0.05, 0) is 72.5 Å². The summed E-state index contributed by atoms with van der Waals surface area (Å²) in [6.45, 7) is 0. The lowest BCUT2D eigenvalue weighted by Crippen LogP contribution is -2.11. The number of anilines is 1.